The fourth-order valence-corrected chi connectivity index (χ4v) is 2.71. The standard InChI is InChI=1S/C21H23N3O2/c1-14-9-8-12-16(13-14)19(25)22-17(21(2,3)4)20-23-18(24-26-20)15-10-6-5-7-11-15/h5-13,17H,1-4H3,(H,22,25)/t17-/m1/s1. The van der Waals surface area contributed by atoms with Gasteiger partial charge >= 0.3 is 0 Å². The first-order chi connectivity index (χ1) is 12.3. The molecule has 0 bridgehead atoms. The molecule has 0 aliphatic rings. The van der Waals surface area contributed by atoms with Crippen molar-refractivity contribution in [2.45, 2.75) is 33.7 Å². The van der Waals surface area contributed by atoms with Gasteiger partial charge in [0, 0.05) is 11.1 Å². The zero-order valence-electron chi connectivity index (χ0n) is 15.5. The van der Waals surface area contributed by atoms with Crippen LogP contribution in [-0.4, -0.2) is 16.0 Å². The van der Waals surface area contributed by atoms with Crippen molar-refractivity contribution in [3.63, 3.8) is 0 Å². The van der Waals surface area contributed by atoms with Gasteiger partial charge in [-0.15, -0.1) is 0 Å². The van der Waals surface area contributed by atoms with Gasteiger partial charge in [0.15, 0.2) is 0 Å². The number of benzene rings is 2. The predicted octanol–water partition coefficient (Wildman–Crippen LogP) is 4.56. The van der Waals surface area contributed by atoms with Crippen LogP contribution in [0.2, 0.25) is 0 Å². The molecular weight excluding hydrogens is 326 g/mol. The number of nitrogens with one attached hydrogen (secondary N) is 1. The Morgan fingerprint density at radius 3 is 2.46 bits per heavy atom. The molecule has 0 radical (unpaired) electrons. The smallest absolute Gasteiger partial charge is 0.251 e. The van der Waals surface area contributed by atoms with Crippen molar-refractivity contribution in [1.82, 2.24) is 15.5 Å². The molecule has 134 valence electrons. The highest BCUT2D eigenvalue weighted by atomic mass is 16.5. The van der Waals surface area contributed by atoms with Gasteiger partial charge in [0.2, 0.25) is 11.7 Å². The summed E-state index contributed by atoms with van der Waals surface area (Å²) in [6.07, 6.45) is 0. The number of carbonyl (C=O) groups is 1. The third-order valence-corrected chi connectivity index (χ3v) is 4.14. The van der Waals surface area contributed by atoms with Crippen molar-refractivity contribution < 1.29 is 9.32 Å². The van der Waals surface area contributed by atoms with E-state index >= 15 is 0 Å². The molecule has 26 heavy (non-hydrogen) atoms. The number of aryl methyl sites for hydroxylation is 1. The highest BCUT2D eigenvalue weighted by Gasteiger charge is 2.33. The van der Waals surface area contributed by atoms with Crippen molar-refractivity contribution in [3.05, 3.63) is 71.6 Å². The summed E-state index contributed by atoms with van der Waals surface area (Å²) in [4.78, 5) is 17.2. The molecule has 1 heterocycles. The highest BCUT2D eigenvalue weighted by Crippen LogP contribution is 2.33. The molecule has 0 saturated carbocycles. The third kappa shape index (κ3) is 3.99. The number of nitrogens with zero attached hydrogens (tertiary/aromatic N) is 2. The van der Waals surface area contributed by atoms with Gasteiger partial charge in [0.1, 0.15) is 6.04 Å². The summed E-state index contributed by atoms with van der Waals surface area (Å²) in [6, 6.07) is 16.7. The maximum Gasteiger partial charge on any atom is 0.251 e. The van der Waals surface area contributed by atoms with E-state index in [0.717, 1.165) is 11.1 Å². The molecular formula is C21H23N3O2. The first-order valence-corrected chi connectivity index (χ1v) is 8.61. The van der Waals surface area contributed by atoms with Crippen LogP contribution in [0, 0.1) is 12.3 Å². The van der Waals surface area contributed by atoms with E-state index in [0.29, 0.717) is 17.3 Å². The second-order valence-corrected chi connectivity index (χ2v) is 7.46. The van der Waals surface area contributed by atoms with E-state index in [1.54, 1.807) is 6.07 Å². The average molecular weight is 349 g/mol. The van der Waals surface area contributed by atoms with Crippen molar-refractivity contribution in [2.75, 3.05) is 0 Å². The van der Waals surface area contributed by atoms with E-state index in [2.05, 4.69) is 15.5 Å². The van der Waals surface area contributed by atoms with Gasteiger partial charge in [-0.1, -0.05) is 74.0 Å². The van der Waals surface area contributed by atoms with Crippen LogP contribution in [0.3, 0.4) is 0 Å². The minimum Gasteiger partial charge on any atom is -0.340 e. The second-order valence-electron chi connectivity index (χ2n) is 7.46. The maximum absolute atomic E-state index is 12.7. The van der Waals surface area contributed by atoms with Gasteiger partial charge in [0.25, 0.3) is 5.91 Å². The van der Waals surface area contributed by atoms with Crippen molar-refractivity contribution in [1.29, 1.82) is 0 Å². The summed E-state index contributed by atoms with van der Waals surface area (Å²) in [5.41, 5.74) is 2.23. The molecule has 5 nitrogen and oxygen atoms in total. The Balaban J connectivity index is 1.88. The van der Waals surface area contributed by atoms with Crippen LogP contribution in [0.1, 0.15) is 48.6 Å². The Kier molecular flexibility index (Phi) is 4.89. The average Bonchev–Trinajstić information content (AvgIpc) is 3.09. The largest absolute Gasteiger partial charge is 0.340 e. The Labute approximate surface area is 153 Å². The Hall–Kier alpha value is -2.95. The van der Waals surface area contributed by atoms with Crippen LogP contribution in [0.5, 0.6) is 0 Å². The molecule has 1 N–H and O–H groups in total. The Morgan fingerprint density at radius 2 is 1.81 bits per heavy atom. The molecule has 3 aromatic rings. The van der Waals surface area contributed by atoms with Gasteiger partial charge < -0.3 is 9.84 Å². The summed E-state index contributed by atoms with van der Waals surface area (Å²) in [5.74, 6) is 0.755. The topological polar surface area (TPSA) is 68.0 Å². The van der Waals surface area contributed by atoms with Crippen LogP contribution >= 0.6 is 0 Å². The first-order valence-electron chi connectivity index (χ1n) is 8.61. The fraction of sp³-hybridized carbons (Fsp3) is 0.286. The normalized spacial score (nSPS) is 12.6. The van der Waals surface area contributed by atoms with Crippen molar-refractivity contribution in [2.24, 2.45) is 5.41 Å². The summed E-state index contributed by atoms with van der Waals surface area (Å²) in [7, 11) is 0. The maximum atomic E-state index is 12.7. The molecule has 0 aliphatic carbocycles. The third-order valence-electron chi connectivity index (χ3n) is 4.14. The van der Waals surface area contributed by atoms with Crippen LogP contribution in [0.25, 0.3) is 11.4 Å². The molecule has 1 amide bonds. The molecule has 3 rings (SSSR count). The quantitative estimate of drug-likeness (QED) is 0.749. The molecule has 0 unspecified atom stereocenters. The van der Waals surface area contributed by atoms with E-state index < -0.39 is 6.04 Å². The van der Waals surface area contributed by atoms with E-state index in [1.165, 1.54) is 0 Å². The molecule has 0 spiro atoms. The van der Waals surface area contributed by atoms with E-state index in [4.69, 9.17) is 4.52 Å². The molecule has 0 fully saturated rings. The van der Waals surface area contributed by atoms with Crippen LogP contribution in [0.4, 0.5) is 0 Å². The van der Waals surface area contributed by atoms with Gasteiger partial charge in [0.05, 0.1) is 0 Å². The predicted molar refractivity (Wildman–Crippen MR) is 101 cm³/mol. The lowest BCUT2D eigenvalue weighted by atomic mass is 9.86. The zero-order chi connectivity index (χ0) is 18.7. The fourth-order valence-electron chi connectivity index (χ4n) is 2.71. The first kappa shape index (κ1) is 17.9. The summed E-state index contributed by atoms with van der Waals surface area (Å²) in [6.45, 7) is 8.05. The number of hydrogen-bond donors (Lipinski definition) is 1. The van der Waals surface area contributed by atoms with Crippen molar-refractivity contribution >= 4 is 5.91 Å². The Morgan fingerprint density at radius 1 is 1.08 bits per heavy atom. The summed E-state index contributed by atoms with van der Waals surface area (Å²) >= 11 is 0. The minimum atomic E-state index is -0.402. The lowest BCUT2D eigenvalue weighted by molar-refractivity contribution is 0.0880. The van der Waals surface area contributed by atoms with Gasteiger partial charge in [-0.25, -0.2) is 0 Å². The lowest BCUT2D eigenvalue weighted by Gasteiger charge is -2.28. The Bertz CT molecular complexity index is 895. The zero-order valence-corrected chi connectivity index (χ0v) is 15.5. The highest BCUT2D eigenvalue weighted by molar-refractivity contribution is 5.94. The summed E-state index contributed by atoms with van der Waals surface area (Å²) < 4.78 is 5.49. The van der Waals surface area contributed by atoms with Gasteiger partial charge in [-0.3, -0.25) is 4.79 Å². The van der Waals surface area contributed by atoms with Gasteiger partial charge in [-0.2, -0.15) is 4.98 Å². The second kappa shape index (κ2) is 7.12. The number of carbonyl (C=O) groups excluding carboxylic acids is 1. The number of aromatic nitrogens is 2. The van der Waals surface area contributed by atoms with Crippen LogP contribution < -0.4 is 5.32 Å². The van der Waals surface area contributed by atoms with E-state index in [-0.39, 0.29) is 11.3 Å². The number of amides is 1. The molecule has 1 aromatic heterocycles. The minimum absolute atomic E-state index is 0.159. The SMILES string of the molecule is Cc1cccc(C(=O)N[C@H](c2nc(-c3ccccc3)no2)C(C)(C)C)c1. The van der Waals surface area contributed by atoms with Crippen LogP contribution in [0.15, 0.2) is 59.1 Å². The molecule has 2 aromatic carbocycles. The summed E-state index contributed by atoms with van der Waals surface area (Å²) in [5, 5.41) is 7.12. The number of rotatable bonds is 4. The molecule has 5 heteroatoms. The number of hydrogen-bond acceptors (Lipinski definition) is 4. The monoisotopic (exact) mass is 349 g/mol. The molecule has 1 atom stereocenters. The van der Waals surface area contributed by atoms with E-state index in [9.17, 15) is 4.79 Å². The van der Waals surface area contributed by atoms with Gasteiger partial charge in [-0.05, 0) is 24.5 Å². The van der Waals surface area contributed by atoms with E-state index in [1.807, 2.05) is 76.2 Å². The molecule has 0 aliphatic heterocycles. The lowest BCUT2D eigenvalue weighted by Crippen LogP contribution is -2.36. The molecule has 0 saturated heterocycles. The van der Waals surface area contributed by atoms with Crippen molar-refractivity contribution in [3.8, 4) is 11.4 Å². The van der Waals surface area contributed by atoms with Crippen LogP contribution in [-0.2, 0) is 0 Å².